The standard InChI is InChI=1S/C25H26N6O3/c1-16-4-8-21(9-5-16)23-22(30-13-12-29(18(3)32)25(30)34)15-31(28-23)24(33)27-17(2)20-10-6-19(14-26)7-11-20/h4-11,17,22H,12-13,15H2,1-3H3,(H,27,33)/t17?,22-/m0/s1. The van der Waals surface area contributed by atoms with Crippen LogP contribution in [0.1, 0.15) is 42.1 Å². The van der Waals surface area contributed by atoms with Crippen LogP contribution < -0.4 is 5.32 Å². The van der Waals surface area contributed by atoms with Crippen molar-refractivity contribution in [2.24, 2.45) is 5.10 Å². The molecule has 4 rings (SSSR count). The molecule has 0 aromatic heterocycles. The number of hydrogen-bond acceptors (Lipinski definition) is 5. The number of nitriles is 1. The van der Waals surface area contributed by atoms with Gasteiger partial charge in [-0.05, 0) is 37.1 Å². The molecule has 9 heteroatoms. The smallest absolute Gasteiger partial charge is 0.330 e. The molecule has 0 radical (unpaired) electrons. The van der Waals surface area contributed by atoms with E-state index in [-0.39, 0.29) is 30.6 Å². The van der Waals surface area contributed by atoms with E-state index in [0.29, 0.717) is 24.4 Å². The third-order valence-electron chi connectivity index (χ3n) is 6.15. The maximum Gasteiger partial charge on any atom is 0.338 e. The van der Waals surface area contributed by atoms with Gasteiger partial charge in [0.25, 0.3) is 0 Å². The molecule has 174 valence electrons. The van der Waals surface area contributed by atoms with Gasteiger partial charge in [0.1, 0.15) is 0 Å². The van der Waals surface area contributed by atoms with Gasteiger partial charge in [0.05, 0.1) is 36.0 Å². The second-order valence-electron chi connectivity index (χ2n) is 8.50. The molecular formula is C25H26N6O3. The molecule has 0 bridgehead atoms. The highest BCUT2D eigenvalue weighted by atomic mass is 16.2. The van der Waals surface area contributed by atoms with Gasteiger partial charge < -0.3 is 10.2 Å². The summed E-state index contributed by atoms with van der Waals surface area (Å²) in [4.78, 5) is 40.6. The fourth-order valence-electron chi connectivity index (χ4n) is 4.16. The Hall–Kier alpha value is -4.19. The summed E-state index contributed by atoms with van der Waals surface area (Å²) in [6.07, 6.45) is 0. The number of carbonyl (C=O) groups is 3. The predicted octanol–water partition coefficient (Wildman–Crippen LogP) is 3.01. The quantitative estimate of drug-likeness (QED) is 0.759. The van der Waals surface area contributed by atoms with Crippen LogP contribution in [0.3, 0.4) is 0 Å². The summed E-state index contributed by atoms with van der Waals surface area (Å²) in [5.74, 6) is -0.301. The van der Waals surface area contributed by atoms with E-state index in [1.807, 2.05) is 38.1 Å². The molecule has 1 saturated heterocycles. The molecule has 2 aromatic carbocycles. The van der Waals surface area contributed by atoms with Crippen LogP contribution in [-0.4, -0.2) is 64.2 Å². The zero-order valence-electron chi connectivity index (χ0n) is 19.4. The summed E-state index contributed by atoms with van der Waals surface area (Å²) in [6.45, 7) is 6.09. The van der Waals surface area contributed by atoms with Crippen molar-refractivity contribution in [3.8, 4) is 6.07 Å². The van der Waals surface area contributed by atoms with E-state index in [1.54, 1.807) is 29.2 Å². The number of hydrogen-bond donors (Lipinski definition) is 1. The van der Waals surface area contributed by atoms with Crippen LogP contribution in [0, 0.1) is 18.3 Å². The van der Waals surface area contributed by atoms with Gasteiger partial charge in [0, 0.05) is 20.0 Å². The Morgan fingerprint density at radius 3 is 2.38 bits per heavy atom. The van der Waals surface area contributed by atoms with Gasteiger partial charge in [-0.25, -0.2) is 14.6 Å². The van der Waals surface area contributed by atoms with Crippen molar-refractivity contribution in [1.82, 2.24) is 20.1 Å². The number of rotatable bonds is 4. The van der Waals surface area contributed by atoms with E-state index in [4.69, 9.17) is 5.26 Å². The number of aryl methyl sites for hydroxylation is 1. The molecule has 2 aliphatic heterocycles. The second-order valence-corrected chi connectivity index (χ2v) is 8.50. The minimum Gasteiger partial charge on any atom is -0.330 e. The average Bonchev–Trinajstić information content (AvgIpc) is 3.43. The van der Waals surface area contributed by atoms with Gasteiger partial charge >= 0.3 is 12.1 Å². The lowest BCUT2D eigenvalue weighted by molar-refractivity contribution is -0.125. The normalized spacial score (nSPS) is 18.5. The first kappa shape index (κ1) is 23.0. The minimum absolute atomic E-state index is 0.187. The number of carbonyl (C=O) groups excluding carboxylic acids is 3. The fraction of sp³-hybridized carbons (Fsp3) is 0.320. The van der Waals surface area contributed by atoms with Crippen molar-refractivity contribution >= 4 is 23.7 Å². The highest BCUT2D eigenvalue weighted by molar-refractivity contribution is 6.08. The van der Waals surface area contributed by atoms with E-state index >= 15 is 0 Å². The monoisotopic (exact) mass is 458 g/mol. The van der Waals surface area contributed by atoms with Gasteiger partial charge in [0.2, 0.25) is 5.91 Å². The molecule has 0 saturated carbocycles. The second kappa shape index (κ2) is 9.35. The lowest BCUT2D eigenvalue weighted by Crippen LogP contribution is -2.47. The third kappa shape index (κ3) is 4.48. The summed E-state index contributed by atoms with van der Waals surface area (Å²) >= 11 is 0. The Bertz CT molecular complexity index is 1180. The zero-order chi connectivity index (χ0) is 24.4. The first-order valence-electron chi connectivity index (χ1n) is 11.1. The first-order valence-corrected chi connectivity index (χ1v) is 11.1. The van der Waals surface area contributed by atoms with E-state index in [9.17, 15) is 14.4 Å². The van der Waals surface area contributed by atoms with Gasteiger partial charge in [-0.15, -0.1) is 0 Å². The average molecular weight is 459 g/mol. The topological polar surface area (TPSA) is 109 Å². The third-order valence-corrected chi connectivity index (χ3v) is 6.15. The van der Waals surface area contributed by atoms with Crippen molar-refractivity contribution in [2.45, 2.75) is 32.9 Å². The summed E-state index contributed by atoms with van der Waals surface area (Å²) in [5.41, 5.74) is 3.93. The number of imide groups is 1. The Labute approximate surface area is 198 Å². The summed E-state index contributed by atoms with van der Waals surface area (Å²) in [5, 5.41) is 17.8. The van der Waals surface area contributed by atoms with Crippen molar-refractivity contribution in [3.05, 3.63) is 70.8 Å². The van der Waals surface area contributed by atoms with Crippen molar-refractivity contribution in [3.63, 3.8) is 0 Å². The Kier molecular flexibility index (Phi) is 6.32. The van der Waals surface area contributed by atoms with Gasteiger partial charge in [-0.3, -0.25) is 9.69 Å². The highest BCUT2D eigenvalue weighted by Crippen LogP contribution is 2.24. The molecule has 0 spiro atoms. The highest BCUT2D eigenvalue weighted by Gasteiger charge is 2.42. The number of hydrazone groups is 1. The SMILES string of the molecule is CC(=O)N1CCN([C@H]2CN(C(=O)NC(C)c3ccc(C#N)cc3)N=C2c2ccc(C)cc2)C1=O. The van der Waals surface area contributed by atoms with Gasteiger partial charge in [-0.1, -0.05) is 42.0 Å². The van der Waals surface area contributed by atoms with Gasteiger partial charge in [-0.2, -0.15) is 10.4 Å². The summed E-state index contributed by atoms with van der Waals surface area (Å²) < 4.78 is 0. The zero-order valence-corrected chi connectivity index (χ0v) is 19.4. The Morgan fingerprint density at radius 1 is 1.12 bits per heavy atom. The Morgan fingerprint density at radius 2 is 1.79 bits per heavy atom. The fourth-order valence-corrected chi connectivity index (χ4v) is 4.16. The molecule has 1 N–H and O–H groups in total. The van der Waals surface area contributed by atoms with E-state index in [2.05, 4.69) is 16.5 Å². The molecule has 9 nitrogen and oxygen atoms in total. The molecule has 0 aliphatic carbocycles. The molecule has 1 unspecified atom stereocenters. The summed E-state index contributed by atoms with van der Waals surface area (Å²) in [7, 11) is 0. The van der Waals surface area contributed by atoms with Crippen LogP contribution in [0.4, 0.5) is 9.59 Å². The first-order chi connectivity index (χ1) is 16.3. The van der Waals surface area contributed by atoms with Crippen molar-refractivity contribution in [2.75, 3.05) is 19.6 Å². The molecule has 2 heterocycles. The van der Waals surface area contributed by atoms with Crippen LogP contribution in [0.15, 0.2) is 53.6 Å². The maximum atomic E-state index is 13.1. The number of amides is 5. The molecular weight excluding hydrogens is 432 g/mol. The number of nitrogens with one attached hydrogen (secondary N) is 1. The molecule has 1 fully saturated rings. The largest absolute Gasteiger partial charge is 0.338 e. The minimum atomic E-state index is -0.462. The van der Waals surface area contributed by atoms with E-state index < -0.39 is 6.04 Å². The van der Waals surface area contributed by atoms with E-state index in [1.165, 1.54) is 16.8 Å². The van der Waals surface area contributed by atoms with Crippen LogP contribution in [0.5, 0.6) is 0 Å². The lowest BCUT2D eigenvalue weighted by atomic mass is 10.0. The number of benzene rings is 2. The van der Waals surface area contributed by atoms with Gasteiger partial charge in [0.15, 0.2) is 0 Å². The van der Waals surface area contributed by atoms with Crippen LogP contribution in [0.2, 0.25) is 0 Å². The summed E-state index contributed by atoms with van der Waals surface area (Å²) in [6, 6.07) is 15.3. The molecule has 34 heavy (non-hydrogen) atoms. The van der Waals surface area contributed by atoms with Crippen molar-refractivity contribution < 1.29 is 14.4 Å². The van der Waals surface area contributed by atoms with Crippen LogP contribution in [0.25, 0.3) is 0 Å². The maximum absolute atomic E-state index is 13.1. The lowest BCUT2D eigenvalue weighted by Gasteiger charge is -2.25. The van der Waals surface area contributed by atoms with Crippen LogP contribution >= 0.6 is 0 Å². The predicted molar refractivity (Wildman–Crippen MR) is 126 cm³/mol. The molecule has 2 atom stereocenters. The molecule has 2 aromatic rings. The van der Waals surface area contributed by atoms with Crippen molar-refractivity contribution in [1.29, 1.82) is 5.26 Å². The van der Waals surface area contributed by atoms with E-state index in [0.717, 1.165) is 16.7 Å². The number of nitrogens with zero attached hydrogens (tertiary/aromatic N) is 5. The van der Waals surface area contributed by atoms with Crippen LogP contribution in [-0.2, 0) is 4.79 Å². The molecule has 5 amide bonds. The molecule has 2 aliphatic rings. The number of urea groups is 2. The Balaban J connectivity index is 1.56.